The lowest BCUT2D eigenvalue weighted by molar-refractivity contribution is -0.118. The molecule has 0 saturated heterocycles. The van der Waals surface area contributed by atoms with Crippen LogP contribution in [0.5, 0.6) is 5.75 Å². The lowest BCUT2D eigenvalue weighted by Gasteiger charge is -2.21. The Hall–Kier alpha value is -1.95. The quantitative estimate of drug-likeness (QED) is 0.602. The van der Waals surface area contributed by atoms with E-state index in [-0.39, 0.29) is 18.6 Å². The Morgan fingerprint density at radius 1 is 1.53 bits per heavy atom. The molecule has 0 radical (unpaired) electrons. The molecular formula is C13H17N3O3. The highest BCUT2D eigenvalue weighted by Crippen LogP contribution is 2.36. The predicted molar refractivity (Wildman–Crippen MR) is 72.2 cm³/mol. The third-order valence-corrected chi connectivity index (χ3v) is 3.45. The van der Waals surface area contributed by atoms with Gasteiger partial charge in [-0.1, -0.05) is 0 Å². The summed E-state index contributed by atoms with van der Waals surface area (Å²) >= 11 is 0. The summed E-state index contributed by atoms with van der Waals surface area (Å²) in [6.45, 7) is 0.474. The molecule has 1 unspecified atom stereocenters. The molecule has 1 saturated carbocycles. The van der Waals surface area contributed by atoms with E-state index in [1.165, 1.54) is 0 Å². The molecule has 6 nitrogen and oxygen atoms in total. The third-order valence-electron chi connectivity index (χ3n) is 3.45. The Morgan fingerprint density at radius 3 is 3.05 bits per heavy atom. The van der Waals surface area contributed by atoms with Crippen molar-refractivity contribution < 1.29 is 14.6 Å². The minimum absolute atomic E-state index is 0.0135. The molecule has 1 heterocycles. The van der Waals surface area contributed by atoms with Gasteiger partial charge in [0.2, 0.25) is 0 Å². The molecule has 5 N–H and O–H groups in total. The summed E-state index contributed by atoms with van der Waals surface area (Å²) in [5.41, 5.74) is 7.76. The average Bonchev–Trinajstić information content (AvgIpc) is 3.20. The summed E-state index contributed by atoms with van der Waals surface area (Å²) in [5.74, 6) is 0.806. The Bertz CT molecular complexity index is 514. The number of carbonyl (C=O) groups is 1. The normalized spacial score (nSPS) is 19.1. The van der Waals surface area contributed by atoms with Crippen LogP contribution in [0.1, 0.15) is 12.8 Å². The number of rotatable bonds is 4. The highest BCUT2D eigenvalue weighted by atomic mass is 16.5. The maximum absolute atomic E-state index is 11.3. The van der Waals surface area contributed by atoms with Gasteiger partial charge in [-0.15, -0.1) is 0 Å². The first-order valence-electron chi connectivity index (χ1n) is 6.41. The lowest BCUT2D eigenvalue weighted by Crippen LogP contribution is -2.26. The van der Waals surface area contributed by atoms with E-state index in [2.05, 4.69) is 10.6 Å². The maximum atomic E-state index is 11.3. The maximum Gasteiger partial charge on any atom is 0.262 e. The number of nitrogen functional groups attached to an aromatic ring is 1. The fourth-order valence-electron chi connectivity index (χ4n) is 2.16. The van der Waals surface area contributed by atoms with E-state index in [1.54, 1.807) is 12.1 Å². The van der Waals surface area contributed by atoms with Crippen molar-refractivity contribution in [1.82, 2.24) is 0 Å². The standard InChI is InChI=1S/C13H17N3O3/c14-8-3-12-10(16-13(18)6-19-12)4-9(8)15-5-11(17)7-1-2-7/h3-4,7,11,15,17H,1-2,5-6,14H2,(H,16,18). The van der Waals surface area contributed by atoms with E-state index in [4.69, 9.17) is 10.5 Å². The van der Waals surface area contributed by atoms with Crippen LogP contribution in [0.4, 0.5) is 17.1 Å². The highest BCUT2D eigenvalue weighted by Gasteiger charge is 2.29. The molecule has 2 aliphatic rings. The number of nitrogens with one attached hydrogen (secondary N) is 2. The summed E-state index contributed by atoms with van der Waals surface area (Å²) < 4.78 is 5.28. The van der Waals surface area contributed by atoms with E-state index in [0.717, 1.165) is 12.8 Å². The van der Waals surface area contributed by atoms with Gasteiger partial charge >= 0.3 is 0 Å². The van der Waals surface area contributed by atoms with Crippen LogP contribution >= 0.6 is 0 Å². The van der Waals surface area contributed by atoms with Gasteiger partial charge in [-0.05, 0) is 24.8 Å². The number of aliphatic hydroxyl groups is 1. The number of amides is 1. The SMILES string of the molecule is Nc1cc2c(cc1NCC(O)C1CC1)NC(=O)CO2. The van der Waals surface area contributed by atoms with Crippen molar-refractivity contribution in [3.63, 3.8) is 0 Å². The van der Waals surface area contributed by atoms with E-state index >= 15 is 0 Å². The average molecular weight is 263 g/mol. The predicted octanol–water partition coefficient (Wildman–Crippen LogP) is 0.782. The van der Waals surface area contributed by atoms with Gasteiger partial charge in [-0.2, -0.15) is 0 Å². The van der Waals surface area contributed by atoms with Crippen LogP contribution in [0.25, 0.3) is 0 Å². The molecule has 1 aromatic carbocycles. The Labute approximate surface area is 110 Å². The summed E-state index contributed by atoms with van der Waals surface area (Å²) in [6, 6.07) is 3.42. The molecule has 1 atom stereocenters. The minimum atomic E-state index is -0.346. The van der Waals surface area contributed by atoms with Crippen LogP contribution in [0.3, 0.4) is 0 Å². The van der Waals surface area contributed by atoms with Crippen molar-refractivity contribution in [2.24, 2.45) is 5.92 Å². The molecule has 0 bridgehead atoms. The molecule has 6 heteroatoms. The van der Waals surface area contributed by atoms with Crippen molar-refractivity contribution >= 4 is 23.0 Å². The van der Waals surface area contributed by atoms with Gasteiger partial charge in [0.15, 0.2) is 6.61 Å². The van der Waals surface area contributed by atoms with Gasteiger partial charge in [-0.3, -0.25) is 4.79 Å². The van der Waals surface area contributed by atoms with Gasteiger partial charge in [0.25, 0.3) is 5.91 Å². The van der Waals surface area contributed by atoms with Crippen LogP contribution < -0.4 is 21.1 Å². The molecule has 1 fully saturated rings. The van der Waals surface area contributed by atoms with E-state index in [1.807, 2.05) is 0 Å². The fraction of sp³-hybridized carbons (Fsp3) is 0.462. The van der Waals surface area contributed by atoms with Crippen LogP contribution in [0.2, 0.25) is 0 Å². The molecule has 0 aromatic heterocycles. The smallest absolute Gasteiger partial charge is 0.262 e. The number of aliphatic hydroxyl groups excluding tert-OH is 1. The first-order chi connectivity index (χ1) is 9.13. The van der Waals surface area contributed by atoms with Crippen LogP contribution in [-0.2, 0) is 4.79 Å². The molecule has 102 valence electrons. The van der Waals surface area contributed by atoms with Gasteiger partial charge < -0.3 is 26.2 Å². The number of hydrogen-bond acceptors (Lipinski definition) is 5. The highest BCUT2D eigenvalue weighted by molar-refractivity contribution is 5.97. The second-order valence-corrected chi connectivity index (χ2v) is 5.06. The summed E-state index contributed by atoms with van der Waals surface area (Å²) in [4.78, 5) is 11.3. The molecular weight excluding hydrogens is 246 g/mol. The van der Waals surface area contributed by atoms with E-state index in [0.29, 0.717) is 35.3 Å². The molecule has 19 heavy (non-hydrogen) atoms. The second-order valence-electron chi connectivity index (χ2n) is 5.06. The van der Waals surface area contributed by atoms with Crippen molar-refractivity contribution in [2.45, 2.75) is 18.9 Å². The van der Waals surface area contributed by atoms with Crippen molar-refractivity contribution in [1.29, 1.82) is 0 Å². The number of benzene rings is 1. The third kappa shape index (κ3) is 2.58. The number of ether oxygens (including phenoxy) is 1. The van der Waals surface area contributed by atoms with Gasteiger partial charge in [0, 0.05) is 12.6 Å². The molecule has 1 aromatic rings. The zero-order chi connectivity index (χ0) is 13.4. The first kappa shape index (κ1) is 12.1. The minimum Gasteiger partial charge on any atom is -0.482 e. The molecule has 3 rings (SSSR count). The zero-order valence-corrected chi connectivity index (χ0v) is 10.5. The van der Waals surface area contributed by atoms with Gasteiger partial charge in [0.05, 0.1) is 23.2 Å². The van der Waals surface area contributed by atoms with E-state index in [9.17, 15) is 9.90 Å². The van der Waals surface area contributed by atoms with Crippen molar-refractivity contribution in [3.8, 4) is 5.75 Å². The Kier molecular flexibility index (Phi) is 2.94. The lowest BCUT2D eigenvalue weighted by atomic mass is 10.2. The molecule has 1 aliphatic heterocycles. The van der Waals surface area contributed by atoms with Crippen molar-refractivity contribution in [3.05, 3.63) is 12.1 Å². The second kappa shape index (κ2) is 4.62. The van der Waals surface area contributed by atoms with Crippen LogP contribution in [0.15, 0.2) is 12.1 Å². The molecule has 1 amide bonds. The number of fused-ring (bicyclic) bond motifs is 1. The monoisotopic (exact) mass is 263 g/mol. The van der Waals surface area contributed by atoms with Gasteiger partial charge in [-0.25, -0.2) is 0 Å². The summed E-state index contributed by atoms with van der Waals surface area (Å²) in [5, 5.41) is 15.7. The Balaban J connectivity index is 1.73. The van der Waals surface area contributed by atoms with E-state index < -0.39 is 0 Å². The fourth-order valence-corrected chi connectivity index (χ4v) is 2.16. The van der Waals surface area contributed by atoms with Gasteiger partial charge in [0.1, 0.15) is 5.75 Å². The number of carbonyl (C=O) groups excluding carboxylic acids is 1. The summed E-state index contributed by atoms with van der Waals surface area (Å²) in [7, 11) is 0. The first-order valence-corrected chi connectivity index (χ1v) is 6.41. The number of hydrogen-bond donors (Lipinski definition) is 4. The number of anilines is 3. The topological polar surface area (TPSA) is 96.6 Å². The van der Waals surface area contributed by atoms with Crippen molar-refractivity contribution in [2.75, 3.05) is 29.5 Å². The molecule has 1 aliphatic carbocycles. The number of nitrogens with two attached hydrogens (primary N) is 1. The summed E-state index contributed by atoms with van der Waals surface area (Å²) in [6.07, 6.45) is 1.83. The zero-order valence-electron chi connectivity index (χ0n) is 10.5. The van der Waals surface area contributed by atoms with Crippen LogP contribution in [-0.4, -0.2) is 30.3 Å². The largest absolute Gasteiger partial charge is 0.482 e. The molecule has 0 spiro atoms. The Morgan fingerprint density at radius 2 is 2.32 bits per heavy atom. The van der Waals surface area contributed by atoms with Crippen LogP contribution in [0, 0.1) is 5.92 Å².